The molecule has 3 amide bonds. The third-order valence-electron chi connectivity index (χ3n) is 20.8. The monoisotopic (exact) mass is 1470 g/mol. The standard InChI is InChI=1S/C29H24N4O5.C26H22N4O6.C26H30N4O5/c34-28(25-10-5-17-38-25)31-15-13-30(14-16-31)26-23-8-3-4-9-24(23)32(29(35)27(26)33(36)37)19-20-11-12-21-6-1-2-7-22(21)18-20;31-21(18-7-2-1-3-8-18)17-29-20-10-5-4-9-19(20)23(24(26(29)33)30(34)35)27-12-14-28(15-13-27)25(32)22-11-6-16-36-22;31-25(22-11-6-18-35-22)28-16-14-27(15-17-28)23-20-9-4-5-10-21(20)29(26(32)24(23)30(33)34)13-12-19-7-2-1-3-8-19/h1-12,17-18H,13-16,19H2;1-11,16H,12-15,17H2;4-6,9-11,18-19H,1-3,7-8,12-17H2. The Kier molecular flexibility index (Phi) is 21.5. The van der Waals surface area contributed by atoms with Crippen molar-refractivity contribution in [3.8, 4) is 0 Å². The van der Waals surface area contributed by atoms with E-state index in [4.69, 9.17) is 13.3 Å². The first-order valence-electron chi connectivity index (χ1n) is 36.2. The summed E-state index contributed by atoms with van der Waals surface area (Å²) in [7, 11) is 0. The van der Waals surface area contributed by atoms with Crippen molar-refractivity contribution in [2.45, 2.75) is 58.2 Å². The van der Waals surface area contributed by atoms with Gasteiger partial charge in [-0.2, -0.15) is 0 Å². The number of para-hydroxylation sites is 3. The van der Waals surface area contributed by atoms with Crippen LogP contribution in [0.15, 0.2) is 228 Å². The van der Waals surface area contributed by atoms with Gasteiger partial charge in [0.05, 0.1) is 63.2 Å². The first-order valence-corrected chi connectivity index (χ1v) is 36.2. The predicted octanol–water partition coefficient (Wildman–Crippen LogP) is 12.5. The van der Waals surface area contributed by atoms with Crippen molar-refractivity contribution in [2.75, 3.05) is 93.2 Å². The molecule has 0 atom stereocenters. The van der Waals surface area contributed by atoms with Gasteiger partial charge in [-0.3, -0.25) is 73.0 Å². The van der Waals surface area contributed by atoms with E-state index in [0.29, 0.717) is 135 Å². The molecular weight excluding hydrogens is 1400 g/mol. The number of carbonyl (C=O) groups excluding carboxylic acids is 4. The van der Waals surface area contributed by atoms with Crippen LogP contribution in [0.1, 0.15) is 86.1 Å². The van der Waals surface area contributed by atoms with Gasteiger partial charge in [0.15, 0.2) is 23.1 Å². The number of nitro groups is 3. The molecule has 3 aliphatic heterocycles. The lowest BCUT2D eigenvalue weighted by atomic mass is 9.87. The summed E-state index contributed by atoms with van der Waals surface area (Å²) in [6, 6.07) is 53.7. The number of Topliss-reactive ketones (excluding diaryl/α,β-unsaturated/α-hetero) is 1. The summed E-state index contributed by atoms with van der Waals surface area (Å²) in [5.74, 6) is 0.316. The van der Waals surface area contributed by atoms with E-state index in [1.807, 2.05) is 101 Å². The molecule has 4 aliphatic rings. The highest BCUT2D eigenvalue weighted by Gasteiger charge is 2.37. The fraction of sp³-hybridized carbons (Fsp3) is 0.272. The van der Waals surface area contributed by atoms with E-state index in [0.717, 1.165) is 41.1 Å². The fourth-order valence-corrected chi connectivity index (χ4v) is 15.3. The number of hydrogen-bond acceptors (Lipinski definition) is 19. The Hall–Kier alpha value is -13.3. The molecule has 12 aromatic rings. The molecule has 556 valence electrons. The highest BCUT2D eigenvalue weighted by atomic mass is 16.6. The first-order chi connectivity index (χ1) is 53.0. The molecule has 4 fully saturated rings. The van der Waals surface area contributed by atoms with Crippen LogP contribution in [0.4, 0.5) is 34.1 Å². The van der Waals surface area contributed by atoms with E-state index in [1.54, 1.807) is 115 Å². The van der Waals surface area contributed by atoms with E-state index in [-0.39, 0.29) is 65.2 Å². The lowest BCUT2D eigenvalue weighted by Gasteiger charge is -2.36. The summed E-state index contributed by atoms with van der Waals surface area (Å²) < 4.78 is 19.9. The van der Waals surface area contributed by atoms with Crippen LogP contribution in [0.25, 0.3) is 43.5 Å². The van der Waals surface area contributed by atoms with Crippen LogP contribution in [0.2, 0.25) is 0 Å². The zero-order valence-electron chi connectivity index (χ0n) is 59.4. The zero-order valence-corrected chi connectivity index (χ0v) is 59.4. The minimum absolute atomic E-state index is 0.202. The van der Waals surface area contributed by atoms with Gasteiger partial charge in [0, 0.05) is 107 Å². The van der Waals surface area contributed by atoms with Crippen LogP contribution in [-0.2, 0) is 19.6 Å². The number of piperazine rings is 3. The summed E-state index contributed by atoms with van der Waals surface area (Å²) in [5, 5.41) is 40.6. The van der Waals surface area contributed by atoms with Gasteiger partial charge in [-0.15, -0.1) is 0 Å². The zero-order chi connectivity index (χ0) is 75.8. The summed E-state index contributed by atoms with van der Waals surface area (Å²) in [4.78, 5) is 137. The van der Waals surface area contributed by atoms with Crippen LogP contribution < -0.4 is 31.4 Å². The molecule has 28 heteroatoms. The second-order valence-corrected chi connectivity index (χ2v) is 27.2. The fourth-order valence-electron chi connectivity index (χ4n) is 15.3. The lowest BCUT2D eigenvalue weighted by Crippen LogP contribution is -2.49. The van der Waals surface area contributed by atoms with Crippen LogP contribution in [0, 0.1) is 36.3 Å². The molecule has 28 nitrogen and oxygen atoms in total. The molecular formula is C81H76N12O16. The number of hydrogen-bond donors (Lipinski definition) is 0. The number of aryl methyl sites for hydroxylation is 1. The smallest absolute Gasteiger partial charge is 0.357 e. The van der Waals surface area contributed by atoms with Crippen molar-refractivity contribution >= 4 is 101 Å². The van der Waals surface area contributed by atoms with Crippen molar-refractivity contribution in [1.29, 1.82) is 0 Å². The Morgan fingerprint density at radius 3 is 1.19 bits per heavy atom. The number of benzene rings is 6. The number of pyridine rings is 3. The number of amides is 3. The average molecular weight is 1470 g/mol. The Morgan fingerprint density at radius 1 is 0.394 bits per heavy atom. The van der Waals surface area contributed by atoms with Crippen molar-refractivity contribution in [3.05, 3.63) is 291 Å². The number of ketones is 1. The predicted molar refractivity (Wildman–Crippen MR) is 410 cm³/mol. The quantitative estimate of drug-likeness (QED) is 0.0464. The number of rotatable bonds is 17. The molecule has 9 heterocycles. The van der Waals surface area contributed by atoms with Gasteiger partial charge in [0.1, 0.15) is 17.1 Å². The van der Waals surface area contributed by atoms with Gasteiger partial charge in [0.25, 0.3) is 17.7 Å². The molecule has 0 bridgehead atoms. The van der Waals surface area contributed by atoms with Crippen molar-refractivity contribution < 1.29 is 47.2 Å². The van der Waals surface area contributed by atoms with E-state index in [9.17, 15) is 63.9 Å². The molecule has 3 saturated heterocycles. The Balaban J connectivity index is 0.000000137. The second-order valence-electron chi connectivity index (χ2n) is 27.2. The van der Waals surface area contributed by atoms with E-state index < -0.39 is 42.8 Å². The molecule has 6 aromatic heterocycles. The molecule has 16 rings (SSSR count). The molecule has 0 spiro atoms. The average Bonchev–Trinajstić information content (AvgIpc) is 1.32. The summed E-state index contributed by atoms with van der Waals surface area (Å²) in [6.45, 7) is 4.53. The van der Waals surface area contributed by atoms with Gasteiger partial charge < -0.3 is 47.2 Å². The molecule has 1 saturated carbocycles. The Morgan fingerprint density at radius 2 is 0.771 bits per heavy atom. The van der Waals surface area contributed by atoms with Crippen molar-refractivity contribution in [1.82, 2.24) is 28.4 Å². The number of aromatic nitrogens is 3. The lowest BCUT2D eigenvalue weighted by molar-refractivity contribution is -0.385. The SMILES string of the molecule is O=C(Cn1c(=O)c([N+](=O)[O-])c(N2CCN(C(=O)c3ccco3)CC2)c2ccccc21)c1ccccc1.O=C(c1ccco1)N1CCN(c2c([N+](=O)[O-])c(=O)n(CCC3CCCCC3)c3ccccc23)CC1.O=C(c1ccco1)N1CCN(c2c([N+](=O)[O-])c(=O)n(Cc3ccc4ccccc4c3)c3ccccc23)CC1. The van der Waals surface area contributed by atoms with Crippen LogP contribution >= 0.6 is 0 Å². The van der Waals surface area contributed by atoms with Crippen LogP contribution in [-0.4, -0.2) is 145 Å². The Bertz CT molecular complexity index is 5590. The first kappa shape index (κ1) is 72.7. The largest absolute Gasteiger partial charge is 0.459 e. The van der Waals surface area contributed by atoms with Crippen molar-refractivity contribution in [2.24, 2.45) is 5.92 Å². The molecule has 0 N–H and O–H groups in total. The van der Waals surface area contributed by atoms with E-state index in [2.05, 4.69) is 0 Å². The van der Waals surface area contributed by atoms with Gasteiger partial charge in [0.2, 0.25) is 0 Å². The third kappa shape index (κ3) is 15.2. The maximum absolute atomic E-state index is 13.7. The number of fused-ring (bicyclic) bond motifs is 4. The maximum atomic E-state index is 13.7. The molecule has 109 heavy (non-hydrogen) atoms. The molecule has 1 aliphatic carbocycles. The number of nitrogens with zero attached hydrogens (tertiary/aromatic N) is 12. The minimum Gasteiger partial charge on any atom is -0.459 e. The molecule has 0 unspecified atom stereocenters. The summed E-state index contributed by atoms with van der Waals surface area (Å²) in [6.07, 6.45) is 11.2. The number of furan rings is 3. The topological polar surface area (TPSA) is 323 Å². The molecule has 0 radical (unpaired) electrons. The summed E-state index contributed by atoms with van der Waals surface area (Å²) >= 11 is 0. The maximum Gasteiger partial charge on any atom is 0.357 e. The van der Waals surface area contributed by atoms with E-state index in [1.165, 1.54) is 47.2 Å². The molecule has 6 aromatic carbocycles. The minimum atomic E-state index is -0.841. The second kappa shape index (κ2) is 32.2. The van der Waals surface area contributed by atoms with Crippen LogP contribution in [0.3, 0.4) is 0 Å². The Labute approximate surface area is 621 Å². The number of carbonyl (C=O) groups is 4. The highest BCUT2D eigenvalue weighted by molar-refractivity contribution is 6.02. The number of anilines is 3. The third-order valence-corrected chi connectivity index (χ3v) is 20.8. The van der Waals surface area contributed by atoms with Crippen molar-refractivity contribution in [3.63, 3.8) is 0 Å². The van der Waals surface area contributed by atoms with E-state index >= 15 is 0 Å². The highest BCUT2D eigenvalue weighted by Crippen LogP contribution is 2.39. The van der Waals surface area contributed by atoms with Gasteiger partial charge in [-0.1, -0.05) is 153 Å². The summed E-state index contributed by atoms with van der Waals surface area (Å²) in [5.41, 5.74) is 0.491. The van der Waals surface area contributed by atoms with Gasteiger partial charge in [-0.05, 0) is 89.3 Å². The van der Waals surface area contributed by atoms with Gasteiger partial charge in [-0.25, -0.2) is 0 Å². The van der Waals surface area contributed by atoms with Gasteiger partial charge >= 0.3 is 33.7 Å². The van der Waals surface area contributed by atoms with Crippen LogP contribution in [0.5, 0.6) is 0 Å². The normalized spacial score (nSPS) is 14.8.